The summed E-state index contributed by atoms with van der Waals surface area (Å²) in [6.45, 7) is 6.61. The number of hydrogen-bond donors (Lipinski definition) is 2. The second kappa shape index (κ2) is 5.67. The van der Waals surface area contributed by atoms with Crippen LogP contribution in [0.25, 0.3) is 0 Å². The molecule has 1 unspecified atom stereocenters. The number of carboxylic acids is 1. The van der Waals surface area contributed by atoms with Gasteiger partial charge in [-0.15, -0.1) is 0 Å². The molecule has 0 spiro atoms. The summed E-state index contributed by atoms with van der Waals surface area (Å²) in [4.78, 5) is 10.9. The zero-order valence-corrected chi connectivity index (χ0v) is 10.8. The van der Waals surface area contributed by atoms with E-state index in [0.717, 1.165) is 18.9 Å². The number of aliphatic carboxylic acids is 1. The molecule has 1 rings (SSSR count). The first-order valence-electron chi connectivity index (χ1n) is 6.44. The molecule has 0 saturated heterocycles. The summed E-state index contributed by atoms with van der Waals surface area (Å²) < 4.78 is 0. The van der Waals surface area contributed by atoms with Crippen molar-refractivity contribution in [2.24, 2.45) is 11.3 Å². The second-order valence-corrected chi connectivity index (χ2v) is 5.60. The van der Waals surface area contributed by atoms with Crippen molar-refractivity contribution in [2.75, 3.05) is 6.54 Å². The third-order valence-corrected chi connectivity index (χ3v) is 3.89. The van der Waals surface area contributed by atoms with E-state index >= 15 is 0 Å². The van der Waals surface area contributed by atoms with E-state index < -0.39 is 11.4 Å². The summed E-state index contributed by atoms with van der Waals surface area (Å²) in [5, 5.41) is 12.5. The first-order chi connectivity index (χ1) is 7.47. The predicted molar refractivity (Wildman–Crippen MR) is 65.5 cm³/mol. The van der Waals surface area contributed by atoms with Crippen LogP contribution in [0.1, 0.15) is 52.9 Å². The van der Waals surface area contributed by atoms with E-state index in [1.807, 2.05) is 0 Å². The average molecular weight is 227 g/mol. The maximum atomic E-state index is 10.9. The van der Waals surface area contributed by atoms with Gasteiger partial charge in [0.1, 0.15) is 0 Å². The summed E-state index contributed by atoms with van der Waals surface area (Å²) in [5.41, 5.74) is -0.606. The summed E-state index contributed by atoms with van der Waals surface area (Å²) >= 11 is 0. The van der Waals surface area contributed by atoms with Gasteiger partial charge in [-0.25, -0.2) is 0 Å². The van der Waals surface area contributed by atoms with E-state index in [1.54, 1.807) is 13.8 Å². The van der Waals surface area contributed by atoms with Gasteiger partial charge in [-0.3, -0.25) is 4.79 Å². The molecule has 0 radical (unpaired) electrons. The normalized spacial score (nSPS) is 19.2. The van der Waals surface area contributed by atoms with Crippen LogP contribution in [0, 0.1) is 11.3 Å². The highest BCUT2D eigenvalue weighted by Crippen LogP contribution is 2.31. The van der Waals surface area contributed by atoms with E-state index in [0.29, 0.717) is 12.5 Å². The molecule has 0 aromatic carbocycles. The molecule has 0 aromatic rings. The van der Waals surface area contributed by atoms with Gasteiger partial charge in [0.05, 0.1) is 5.41 Å². The van der Waals surface area contributed by atoms with Gasteiger partial charge in [0.2, 0.25) is 0 Å². The molecule has 0 heterocycles. The SMILES string of the molecule is CCC(NCCC(C)(C)C(=O)O)C1CCC1. The zero-order chi connectivity index (χ0) is 12.2. The standard InChI is InChI=1S/C13H25NO2/c1-4-11(10-6-5-7-10)14-9-8-13(2,3)12(15)16/h10-11,14H,4-9H2,1-3H3,(H,15,16). The van der Waals surface area contributed by atoms with Crippen LogP contribution < -0.4 is 5.32 Å². The van der Waals surface area contributed by atoms with Crippen molar-refractivity contribution in [1.82, 2.24) is 5.32 Å². The van der Waals surface area contributed by atoms with Crippen molar-refractivity contribution >= 4 is 5.97 Å². The maximum Gasteiger partial charge on any atom is 0.309 e. The van der Waals surface area contributed by atoms with Crippen LogP contribution >= 0.6 is 0 Å². The van der Waals surface area contributed by atoms with Crippen molar-refractivity contribution in [2.45, 2.75) is 58.9 Å². The van der Waals surface area contributed by atoms with E-state index in [-0.39, 0.29) is 0 Å². The number of nitrogens with one attached hydrogen (secondary N) is 1. The molecule has 1 atom stereocenters. The Hall–Kier alpha value is -0.570. The molecule has 0 aliphatic heterocycles. The van der Waals surface area contributed by atoms with E-state index in [9.17, 15) is 4.79 Å². The first kappa shape index (κ1) is 13.5. The third kappa shape index (κ3) is 3.48. The van der Waals surface area contributed by atoms with Gasteiger partial charge >= 0.3 is 5.97 Å². The lowest BCUT2D eigenvalue weighted by Gasteiger charge is -2.34. The molecule has 1 aliphatic carbocycles. The van der Waals surface area contributed by atoms with Gasteiger partial charge in [0, 0.05) is 6.04 Å². The Balaban J connectivity index is 2.25. The Kier molecular flexibility index (Phi) is 4.78. The van der Waals surface area contributed by atoms with Crippen LogP contribution in [-0.2, 0) is 4.79 Å². The molecule has 3 heteroatoms. The Morgan fingerprint density at radius 3 is 2.50 bits per heavy atom. The average Bonchev–Trinajstić information content (AvgIpc) is 2.12. The molecule has 1 saturated carbocycles. The molecule has 0 bridgehead atoms. The van der Waals surface area contributed by atoms with Crippen LogP contribution in [0.2, 0.25) is 0 Å². The molecule has 1 fully saturated rings. The number of hydrogen-bond acceptors (Lipinski definition) is 2. The highest BCUT2D eigenvalue weighted by molar-refractivity contribution is 5.73. The van der Waals surface area contributed by atoms with Gasteiger partial charge in [-0.05, 0) is 52.0 Å². The van der Waals surface area contributed by atoms with Crippen LogP contribution in [-0.4, -0.2) is 23.7 Å². The van der Waals surface area contributed by atoms with Crippen molar-refractivity contribution < 1.29 is 9.90 Å². The molecular weight excluding hydrogens is 202 g/mol. The minimum absolute atomic E-state index is 0.596. The van der Waals surface area contributed by atoms with Gasteiger partial charge in [0.25, 0.3) is 0 Å². The molecular formula is C13H25NO2. The van der Waals surface area contributed by atoms with Crippen LogP contribution in [0.15, 0.2) is 0 Å². The van der Waals surface area contributed by atoms with Crippen molar-refractivity contribution in [3.63, 3.8) is 0 Å². The fourth-order valence-electron chi connectivity index (χ4n) is 2.16. The van der Waals surface area contributed by atoms with Gasteiger partial charge < -0.3 is 10.4 Å². The summed E-state index contributed by atoms with van der Waals surface area (Å²) in [6, 6.07) is 0.596. The Bertz CT molecular complexity index is 234. The van der Waals surface area contributed by atoms with Gasteiger partial charge in [-0.1, -0.05) is 13.3 Å². The fourth-order valence-corrected chi connectivity index (χ4v) is 2.16. The molecule has 0 amide bonds. The first-order valence-corrected chi connectivity index (χ1v) is 6.44. The highest BCUT2D eigenvalue weighted by Gasteiger charge is 2.29. The van der Waals surface area contributed by atoms with Crippen LogP contribution in [0.5, 0.6) is 0 Å². The second-order valence-electron chi connectivity index (χ2n) is 5.60. The molecule has 94 valence electrons. The van der Waals surface area contributed by atoms with E-state index in [4.69, 9.17) is 5.11 Å². The smallest absolute Gasteiger partial charge is 0.309 e. The summed E-state index contributed by atoms with van der Waals surface area (Å²) in [6.07, 6.45) is 5.90. The van der Waals surface area contributed by atoms with Gasteiger partial charge in [-0.2, -0.15) is 0 Å². The Morgan fingerprint density at radius 1 is 1.50 bits per heavy atom. The Labute approximate surface area is 98.6 Å². The predicted octanol–water partition coefficient (Wildman–Crippen LogP) is 2.66. The minimum Gasteiger partial charge on any atom is -0.481 e. The minimum atomic E-state index is -0.703. The zero-order valence-electron chi connectivity index (χ0n) is 10.8. The quantitative estimate of drug-likeness (QED) is 0.703. The highest BCUT2D eigenvalue weighted by atomic mass is 16.4. The number of rotatable bonds is 7. The topological polar surface area (TPSA) is 49.3 Å². The largest absolute Gasteiger partial charge is 0.481 e. The van der Waals surface area contributed by atoms with E-state index in [1.165, 1.54) is 19.3 Å². The summed E-state index contributed by atoms with van der Waals surface area (Å²) in [7, 11) is 0. The van der Waals surface area contributed by atoms with Crippen molar-refractivity contribution in [3.8, 4) is 0 Å². The monoisotopic (exact) mass is 227 g/mol. The van der Waals surface area contributed by atoms with Gasteiger partial charge in [0.15, 0.2) is 0 Å². The maximum absolute atomic E-state index is 10.9. The van der Waals surface area contributed by atoms with Crippen LogP contribution in [0.3, 0.4) is 0 Å². The Morgan fingerprint density at radius 2 is 2.12 bits per heavy atom. The third-order valence-electron chi connectivity index (χ3n) is 3.89. The lowest BCUT2D eigenvalue weighted by molar-refractivity contribution is -0.147. The number of carboxylic acid groups (broad SMARTS) is 1. The fraction of sp³-hybridized carbons (Fsp3) is 0.923. The van der Waals surface area contributed by atoms with E-state index in [2.05, 4.69) is 12.2 Å². The number of carbonyl (C=O) groups is 1. The molecule has 3 nitrogen and oxygen atoms in total. The summed E-state index contributed by atoms with van der Waals surface area (Å²) in [5.74, 6) is 0.129. The van der Waals surface area contributed by atoms with Crippen LogP contribution in [0.4, 0.5) is 0 Å². The molecule has 2 N–H and O–H groups in total. The molecule has 0 aromatic heterocycles. The lowest BCUT2D eigenvalue weighted by atomic mass is 9.78. The molecule has 16 heavy (non-hydrogen) atoms. The van der Waals surface area contributed by atoms with Crippen molar-refractivity contribution in [3.05, 3.63) is 0 Å². The lowest BCUT2D eigenvalue weighted by Crippen LogP contribution is -2.41. The molecule has 1 aliphatic rings. The van der Waals surface area contributed by atoms with Crippen molar-refractivity contribution in [1.29, 1.82) is 0 Å².